The molecule has 9 heteroatoms. The number of halogens is 3. The third kappa shape index (κ3) is 4.57. The molecule has 30 heavy (non-hydrogen) atoms. The van der Waals surface area contributed by atoms with Crippen molar-refractivity contribution in [2.75, 3.05) is 5.32 Å². The Morgan fingerprint density at radius 2 is 1.70 bits per heavy atom. The summed E-state index contributed by atoms with van der Waals surface area (Å²) < 4.78 is 41.1. The van der Waals surface area contributed by atoms with Crippen molar-refractivity contribution in [1.29, 1.82) is 0 Å². The van der Waals surface area contributed by atoms with Crippen molar-refractivity contribution < 1.29 is 27.9 Å². The Hall–Kier alpha value is -3.88. The number of carbonyl (C=O) groups is 2. The lowest BCUT2D eigenvalue weighted by molar-refractivity contribution is 0.0696. The number of amides is 1. The van der Waals surface area contributed by atoms with Gasteiger partial charge in [0.1, 0.15) is 5.82 Å². The maximum atomic E-state index is 13.9. The first kappa shape index (κ1) is 20.8. The van der Waals surface area contributed by atoms with Crippen LogP contribution in [0.5, 0.6) is 0 Å². The van der Waals surface area contributed by atoms with Crippen LogP contribution < -0.4 is 11.1 Å². The summed E-state index contributed by atoms with van der Waals surface area (Å²) in [6.07, 6.45) is 1.53. The number of nitrogens with zero attached hydrogens (tertiary/aromatic N) is 1. The summed E-state index contributed by atoms with van der Waals surface area (Å²) >= 11 is 0. The zero-order chi connectivity index (χ0) is 21.8. The second-order valence-corrected chi connectivity index (χ2v) is 6.44. The average Bonchev–Trinajstić information content (AvgIpc) is 2.71. The Bertz CT molecular complexity index is 1120. The highest BCUT2D eigenvalue weighted by atomic mass is 19.2. The third-order valence-electron chi connectivity index (χ3n) is 4.41. The molecule has 3 rings (SSSR count). The Balaban J connectivity index is 1.85. The maximum Gasteiger partial charge on any atom is 0.335 e. The number of nitrogens with one attached hydrogen (secondary N) is 1. The highest BCUT2D eigenvalue weighted by molar-refractivity contribution is 5.98. The van der Waals surface area contributed by atoms with Crippen molar-refractivity contribution in [3.8, 4) is 0 Å². The summed E-state index contributed by atoms with van der Waals surface area (Å²) in [6, 6.07) is 9.12. The molecule has 0 atom stereocenters. The highest BCUT2D eigenvalue weighted by Gasteiger charge is 2.16. The largest absolute Gasteiger partial charge is 0.478 e. The molecule has 4 N–H and O–H groups in total. The predicted molar refractivity (Wildman–Crippen MR) is 103 cm³/mol. The zero-order valence-corrected chi connectivity index (χ0v) is 15.5. The van der Waals surface area contributed by atoms with Gasteiger partial charge in [-0.2, -0.15) is 0 Å². The highest BCUT2D eigenvalue weighted by Crippen LogP contribution is 2.21. The summed E-state index contributed by atoms with van der Waals surface area (Å²) in [5.74, 6) is -5.30. The van der Waals surface area contributed by atoms with E-state index in [-0.39, 0.29) is 16.8 Å². The number of carboxylic acids is 1. The number of carbonyl (C=O) groups excluding carboxylic acids is 1. The van der Waals surface area contributed by atoms with Crippen LogP contribution in [-0.4, -0.2) is 22.0 Å². The van der Waals surface area contributed by atoms with Crippen molar-refractivity contribution in [3.05, 3.63) is 94.1 Å². The standard InChI is InChI=1S/C21H16F3N3O3/c22-16-5-6-17(23)19(24)14(16)9-27-18-8-13(26-10-15(18)20(25)28)7-11-1-3-12(4-2-11)21(29)30/h1-6,8,10H,7,9H2,(H2,25,28)(H,26,27)(H,29,30). The van der Waals surface area contributed by atoms with Crippen molar-refractivity contribution >= 4 is 17.6 Å². The first-order chi connectivity index (χ1) is 14.3. The van der Waals surface area contributed by atoms with Gasteiger partial charge in [-0.1, -0.05) is 12.1 Å². The predicted octanol–water partition coefficient (Wildman–Crippen LogP) is 3.50. The van der Waals surface area contributed by atoms with E-state index in [1.807, 2.05) is 0 Å². The van der Waals surface area contributed by atoms with E-state index in [1.54, 1.807) is 12.1 Å². The summed E-state index contributed by atoms with van der Waals surface area (Å²) in [4.78, 5) is 26.8. The molecular formula is C21H16F3N3O3. The van der Waals surface area contributed by atoms with Crippen LogP contribution in [0.4, 0.5) is 18.9 Å². The van der Waals surface area contributed by atoms with Crippen LogP contribution in [-0.2, 0) is 13.0 Å². The molecule has 0 saturated heterocycles. The van der Waals surface area contributed by atoms with E-state index in [1.165, 1.54) is 24.4 Å². The Morgan fingerprint density at radius 3 is 2.33 bits per heavy atom. The quantitative estimate of drug-likeness (QED) is 0.512. The minimum Gasteiger partial charge on any atom is -0.478 e. The topological polar surface area (TPSA) is 105 Å². The first-order valence-electron chi connectivity index (χ1n) is 8.73. The molecule has 0 spiro atoms. The summed E-state index contributed by atoms with van der Waals surface area (Å²) in [7, 11) is 0. The monoisotopic (exact) mass is 415 g/mol. The molecular weight excluding hydrogens is 399 g/mol. The number of pyridine rings is 1. The molecule has 0 bridgehead atoms. The number of aromatic nitrogens is 1. The van der Waals surface area contributed by atoms with Crippen LogP contribution in [0.15, 0.2) is 48.7 Å². The first-order valence-corrected chi connectivity index (χ1v) is 8.73. The van der Waals surface area contributed by atoms with Gasteiger partial charge < -0.3 is 16.2 Å². The third-order valence-corrected chi connectivity index (χ3v) is 4.41. The summed E-state index contributed by atoms with van der Waals surface area (Å²) in [5, 5.41) is 11.7. The van der Waals surface area contributed by atoms with Gasteiger partial charge in [-0.25, -0.2) is 18.0 Å². The fraction of sp³-hybridized carbons (Fsp3) is 0.0952. The van der Waals surface area contributed by atoms with Gasteiger partial charge in [-0.15, -0.1) is 0 Å². The fourth-order valence-electron chi connectivity index (χ4n) is 2.83. The van der Waals surface area contributed by atoms with Gasteiger partial charge in [0.25, 0.3) is 5.91 Å². The maximum absolute atomic E-state index is 13.9. The molecule has 6 nitrogen and oxygen atoms in total. The van der Waals surface area contributed by atoms with Gasteiger partial charge in [0, 0.05) is 30.4 Å². The van der Waals surface area contributed by atoms with Gasteiger partial charge in [0.2, 0.25) is 0 Å². The van der Waals surface area contributed by atoms with E-state index in [2.05, 4.69) is 10.3 Å². The van der Waals surface area contributed by atoms with Crippen molar-refractivity contribution in [1.82, 2.24) is 4.98 Å². The molecule has 0 saturated carbocycles. The van der Waals surface area contributed by atoms with E-state index < -0.39 is 41.4 Å². The number of hydrogen-bond donors (Lipinski definition) is 3. The normalized spacial score (nSPS) is 10.6. The van der Waals surface area contributed by atoms with Crippen LogP contribution in [0, 0.1) is 17.5 Å². The Kier molecular flexibility index (Phi) is 6.01. The van der Waals surface area contributed by atoms with Gasteiger partial charge in [0.15, 0.2) is 11.6 Å². The smallest absolute Gasteiger partial charge is 0.335 e. The summed E-state index contributed by atoms with van der Waals surface area (Å²) in [6.45, 7) is -0.424. The lowest BCUT2D eigenvalue weighted by atomic mass is 10.1. The number of rotatable bonds is 7. The minimum absolute atomic E-state index is 0.00260. The van der Waals surface area contributed by atoms with E-state index >= 15 is 0 Å². The molecule has 0 fully saturated rings. The molecule has 0 radical (unpaired) electrons. The second kappa shape index (κ2) is 8.64. The van der Waals surface area contributed by atoms with Gasteiger partial charge in [-0.3, -0.25) is 9.78 Å². The van der Waals surface area contributed by atoms with Crippen LogP contribution in [0.3, 0.4) is 0 Å². The Morgan fingerprint density at radius 1 is 1.03 bits per heavy atom. The number of carboxylic acid groups (broad SMARTS) is 1. The van der Waals surface area contributed by atoms with E-state index in [9.17, 15) is 22.8 Å². The summed E-state index contributed by atoms with van der Waals surface area (Å²) in [5.41, 5.74) is 6.37. The van der Waals surface area contributed by atoms with Gasteiger partial charge in [0.05, 0.1) is 16.8 Å². The molecule has 154 valence electrons. The van der Waals surface area contributed by atoms with Crippen molar-refractivity contribution in [3.63, 3.8) is 0 Å². The van der Waals surface area contributed by atoms with Crippen molar-refractivity contribution in [2.24, 2.45) is 5.73 Å². The molecule has 1 heterocycles. The molecule has 0 aliphatic rings. The van der Waals surface area contributed by atoms with E-state index in [0.29, 0.717) is 18.2 Å². The number of primary amides is 1. The number of anilines is 1. The molecule has 1 aromatic heterocycles. The molecule has 3 aromatic rings. The molecule has 1 amide bonds. The average molecular weight is 415 g/mol. The minimum atomic E-state index is -1.32. The van der Waals surface area contributed by atoms with Crippen LogP contribution >= 0.6 is 0 Å². The van der Waals surface area contributed by atoms with Gasteiger partial charge in [-0.05, 0) is 35.9 Å². The number of hydrogen-bond acceptors (Lipinski definition) is 4. The fourth-order valence-corrected chi connectivity index (χ4v) is 2.83. The van der Waals surface area contributed by atoms with Crippen molar-refractivity contribution in [2.45, 2.75) is 13.0 Å². The SMILES string of the molecule is NC(=O)c1cnc(Cc2ccc(C(=O)O)cc2)cc1NCc1c(F)ccc(F)c1F. The lowest BCUT2D eigenvalue weighted by Crippen LogP contribution is -2.16. The number of benzene rings is 2. The van der Waals surface area contributed by atoms with E-state index in [0.717, 1.165) is 11.6 Å². The lowest BCUT2D eigenvalue weighted by Gasteiger charge is -2.13. The van der Waals surface area contributed by atoms with Gasteiger partial charge >= 0.3 is 5.97 Å². The molecule has 0 unspecified atom stereocenters. The number of aromatic carboxylic acids is 1. The zero-order valence-electron chi connectivity index (χ0n) is 15.5. The second-order valence-electron chi connectivity index (χ2n) is 6.44. The molecule has 2 aromatic carbocycles. The van der Waals surface area contributed by atoms with Crippen LogP contribution in [0.2, 0.25) is 0 Å². The Labute approximate surface area is 169 Å². The molecule has 0 aliphatic carbocycles. The van der Waals surface area contributed by atoms with E-state index in [4.69, 9.17) is 10.8 Å². The van der Waals surface area contributed by atoms with Crippen LogP contribution in [0.1, 0.15) is 37.5 Å². The molecule has 0 aliphatic heterocycles. The number of nitrogens with two attached hydrogens (primary N) is 1. The van der Waals surface area contributed by atoms with Crippen LogP contribution in [0.25, 0.3) is 0 Å².